The SMILES string of the molecule is CCC(Oc1cc(C)cc(C)c1)C(=O)Nc1cc(Cl)ccc1OC. The van der Waals surface area contributed by atoms with Gasteiger partial charge in [-0.25, -0.2) is 0 Å². The van der Waals surface area contributed by atoms with E-state index in [-0.39, 0.29) is 5.91 Å². The van der Waals surface area contributed by atoms with Crippen molar-refractivity contribution in [1.82, 2.24) is 0 Å². The van der Waals surface area contributed by atoms with Gasteiger partial charge in [-0.2, -0.15) is 0 Å². The molecule has 1 atom stereocenters. The van der Waals surface area contributed by atoms with Gasteiger partial charge in [0.05, 0.1) is 12.8 Å². The van der Waals surface area contributed by atoms with Crippen molar-refractivity contribution in [3.63, 3.8) is 0 Å². The second-order valence-electron chi connectivity index (χ2n) is 5.67. The van der Waals surface area contributed by atoms with E-state index < -0.39 is 6.10 Å². The molecule has 0 fully saturated rings. The van der Waals surface area contributed by atoms with Crippen LogP contribution >= 0.6 is 11.6 Å². The maximum Gasteiger partial charge on any atom is 0.265 e. The molecule has 1 amide bonds. The van der Waals surface area contributed by atoms with Gasteiger partial charge in [-0.1, -0.05) is 24.6 Å². The molecule has 0 aliphatic heterocycles. The molecule has 2 aromatic carbocycles. The summed E-state index contributed by atoms with van der Waals surface area (Å²) >= 11 is 6.00. The summed E-state index contributed by atoms with van der Waals surface area (Å²) in [5.41, 5.74) is 2.71. The highest BCUT2D eigenvalue weighted by Crippen LogP contribution is 2.28. The van der Waals surface area contributed by atoms with Crippen LogP contribution < -0.4 is 14.8 Å². The first-order valence-electron chi connectivity index (χ1n) is 7.82. The standard InChI is InChI=1S/C19H22ClNO3/c1-5-17(24-15-9-12(2)8-13(3)10-15)19(22)21-16-11-14(20)6-7-18(16)23-4/h6-11,17H,5H2,1-4H3,(H,21,22). The Kier molecular flexibility index (Phi) is 6.10. The van der Waals surface area contributed by atoms with E-state index >= 15 is 0 Å². The molecule has 0 saturated heterocycles. The molecule has 1 N–H and O–H groups in total. The zero-order valence-corrected chi connectivity index (χ0v) is 15.1. The molecule has 0 radical (unpaired) electrons. The molecule has 1 unspecified atom stereocenters. The van der Waals surface area contributed by atoms with Gasteiger partial charge in [0.15, 0.2) is 6.10 Å². The first-order valence-corrected chi connectivity index (χ1v) is 8.20. The molecule has 0 aliphatic rings. The molecule has 0 aromatic heterocycles. The van der Waals surface area contributed by atoms with Crippen molar-refractivity contribution in [3.8, 4) is 11.5 Å². The van der Waals surface area contributed by atoms with E-state index in [1.807, 2.05) is 32.9 Å². The van der Waals surface area contributed by atoms with Crippen molar-refractivity contribution in [1.29, 1.82) is 0 Å². The summed E-state index contributed by atoms with van der Waals surface area (Å²) in [6.45, 7) is 5.90. The van der Waals surface area contributed by atoms with Gasteiger partial charge >= 0.3 is 0 Å². The quantitative estimate of drug-likeness (QED) is 0.819. The Bertz CT molecular complexity index is 710. The van der Waals surface area contributed by atoms with Crippen LogP contribution in [0.1, 0.15) is 24.5 Å². The van der Waals surface area contributed by atoms with E-state index in [1.165, 1.54) is 0 Å². The van der Waals surface area contributed by atoms with E-state index in [9.17, 15) is 4.79 Å². The number of aryl methyl sites for hydroxylation is 2. The molecule has 0 aliphatic carbocycles. The van der Waals surface area contributed by atoms with Crippen LogP contribution in [-0.4, -0.2) is 19.1 Å². The Morgan fingerprint density at radius 1 is 1.17 bits per heavy atom. The van der Waals surface area contributed by atoms with Gasteiger partial charge in [0.1, 0.15) is 11.5 Å². The Hall–Kier alpha value is -2.20. The Morgan fingerprint density at radius 3 is 2.42 bits per heavy atom. The van der Waals surface area contributed by atoms with Gasteiger partial charge in [0.25, 0.3) is 5.91 Å². The Labute approximate surface area is 147 Å². The van der Waals surface area contributed by atoms with Crippen molar-refractivity contribution in [3.05, 3.63) is 52.5 Å². The zero-order valence-electron chi connectivity index (χ0n) is 14.4. The third-order valence-electron chi connectivity index (χ3n) is 3.56. The van der Waals surface area contributed by atoms with Gasteiger partial charge in [-0.3, -0.25) is 4.79 Å². The number of ether oxygens (including phenoxy) is 2. The van der Waals surface area contributed by atoms with Crippen LogP contribution in [0.4, 0.5) is 5.69 Å². The van der Waals surface area contributed by atoms with Crippen LogP contribution in [0.2, 0.25) is 5.02 Å². The van der Waals surface area contributed by atoms with Gasteiger partial charge < -0.3 is 14.8 Å². The summed E-state index contributed by atoms with van der Waals surface area (Å²) in [6, 6.07) is 11.0. The third-order valence-corrected chi connectivity index (χ3v) is 3.79. The van der Waals surface area contributed by atoms with E-state index in [4.69, 9.17) is 21.1 Å². The first kappa shape index (κ1) is 18.1. The topological polar surface area (TPSA) is 47.6 Å². The summed E-state index contributed by atoms with van der Waals surface area (Å²) in [6.07, 6.45) is -0.0586. The molecule has 0 bridgehead atoms. The lowest BCUT2D eigenvalue weighted by atomic mass is 10.1. The fourth-order valence-electron chi connectivity index (χ4n) is 2.48. The average Bonchev–Trinajstić information content (AvgIpc) is 2.51. The molecular formula is C19H22ClNO3. The average molecular weight is 348 g/mol. The molecular weight excluding hydrogens is 326 g/mol. The van der Waals surface area contributed by atoms with E-state index in [0.717, 1.165) is 11.1 Å². The predicted octanol–water partition coefficient (Wildman–Crippen LogP) is 4.76. The lowest BCUT2D eigenvalue weighted by Crippen LogP contribution is -2.32. The summed E-state index contributed by atoms with van der Waals surface area (Å²) in [4.78, 5) is 12.6. The predicted molar refractivity (Wildman–Crippen MR) is 97.3 cm³/mol. The summed E-state index contributed by atoms with van der Waals surface area (Å²) < 4.78 is 11.1. The molecule has 2 aromatic rings. The van der Waals surface area contributed by atoms with Crippen molar-refractivity contribution >= 4 is 23.2 Å². The van der Waals surface area contributed by atoms with E-state index in [0.29, 0.717) is 28.6 Å². The minimum Gasteiger partial charge on any atom is -0.495 e. The molecule has 4 nitrogen and oxygen atoms in total. The second-order valence-corrected chi connectivity index (χ2v) is 6.11. The van der Waals surface area contributed by atoms with E-state index in [2.05, 4.69) is 11.4 Å². The molecule has 2 rings (SSSR count). The number of halogens is 1. The normalized spacial score (nSPS) is 11.7. The molecule has 128 valence electrons. The van der Waals surface area contributed by atoms with Gasteiger partial charge in [-0.15, -0.1) is 0 Å². The number of benzene rings is 2. The number of carbonyl (C=O) groups excluding carboxylic acids is 1. The minimum absolute atomic E-state index is 0.239. The van der Waals surface area contributed by atoms with Crippen LogP contribution in [0.25, 0.3) is 0 Å². The van der Waals surface area contributed by atoms with Crippen LogP contribution in [-0.2, 0) is 4.79 Å². The monoisotopic (exact) mass is 347 g/mol. The largest absolute Gasteiger partial charge is 0.495 e. The fraction of sp³-hybridized carbons (Fsp3) is 0.316. The number of hydrogen-bond donors (Lipinski definition) is 1. The lowest BCUT2D eigenvalue weighted by Gasteiger charge is -2.19. The van der Waals surface area contributed by atoms with E-state index in [1.54, 1.807) is 25.3 Å². The van der Waals surface area contributed by atoms with Gasteiger partial charge in [0, 0.05) is 5.02 Å². The second kappa shape index (κ2) is 8.06. The maximum atomic E-state index is 12.6. The van der Waals surface area contributed by atoms with Crippen LogP contribution in [0.15, 0.2) is 36.4 Å². The number of hydrogen-bond acceptors (Lipinski definition) is 3. The third kappa shape index (κ3) is 4.65. The summed E-state index contributed by atoms with van der Waals surface area (Å²) in [7, 11) is 1.54. The lowest BCUT2D eigenvalue weighted by molar-refractivity contribution is -0.122. The number of anilines is 1. The first-order chi connectivity index (χ1) is 11.4. The number of methoxy groups -OCH3 is 1. The number of amides is 1. The highest BCUT2D eigenvalue weighted by molar-refractivity contribution is 6.31. The Balaban J connectivity index is 2.15. The smallest absolute Gasteiger partial charge is 0.265 e. The van der Waals surface area contributed by atoms with Crippen molar-refractivity contribution in [2.24, 2.45) is 0 Å². The van der Waals surface area contributed by atoms with Crippen molar-refractivity contribution in [2.75, 3.05) is 12.4 Å². The zero-order chi connectivity index (χ0) is 17.7. The Morgan fingerprint density at radius 2 is 1.83 bits per heavy atom. The molecule has 0 spiro atoms. The molecule has 0 heterocycles. The molecule has 5 heteroatoms. The number of carbonyl (C=O) groups is 1. The number of nitrogens with one attached hydrogen (secondary N) is 1. The maximum absolute atomic E-state index is 12.6. The minimum atomic E-state index is -0.602. The van der Waals surface area contributed by atoms with Crippen molar-refractivity contribution in [2.45, 2.75) is 33.3 Å². The van der Waals surface area contributed by atoms with Crippen LogP contribution in [0, 0.1) is 13.8 Å². The fourth-order valence-corrected chi connectivity index (χ4v) is 2.65. The number of rotatable bonds is 6. The van der Waals surface area contributed by atoms with Gasteiger partial charge in [-0.05, 0) is 61.7 Å². The molecule has 24 heavy (non-hydrogen) atoms. The van der Waals surface area contributed by atoms with Crippen LogP contribution in [0.3, 0.4) is 0 Å². The summed E-state index contributed by atoms with van der Waals surface area (Å²) in [5.74, 6) is 0.999. The highest BCUT2D eigenvalue weighted by Gasteiger charge is 2.20. The van der Waals surface area contributed by atoms with Crippen molar-refractivity contribution < 1.29 is 14.3 Å². The highest BCUT2D eigenvalue weighted by atomic mass is 35.5. The summed E-state index contributed by atoms with van der Waals surface area (Å²) in [5, 5.41) is 3.35. The van der Waals surface area contributed by atoms with Crippen LogP contribution in [0.5, 0.6) is 11.5 Å². The molecule has 0 saturated carbocycles. The van der Waals surface area contributed by atoms with Gasteiger partial charge in [0.2, 0.25) is 0 Å².